The number of aryl methyl sites for hydroxylation is 1. The molecular formula is C16H12BrFN2O3. The molecule has 0 aliphatic carbocycles. The highest BCUT2D eigenvalue weighted by atomic mass is 79.9. The molecular weight excluding hydrogens is 367 g/mol. The predicted molar refractivity (Wildman–Crippen MR) is 87.2 cm³/mol. The molecule has 1 heterocycles. The van der Waals surface area contributed by atoms with E-state index in [4.69, 9.17) is 0 Å². The molecule has 5 nitrogen and oxygen atoms in total. The van der Waals surface area contributed by atoms with Gasteiger partial charge in [-0.05, 0) is 52.5 Å². The molecule has 23 heavy (non-hydrogen) atoms. The number of carbonyl (C=O) groups excluding carboxylic acids is 1. The fraction of sp³-hybridized carbons (Fsp3) is 0.188. The zero-order valence-electron chi connectivity index (χ0n) is 12.0. The minimum absolute atomic E-state index is 0.163. The summed E-state index contributed by atoms with van der Waals surface area (Å²) in [6.45, 7) is 0.386. The van der Waals surface area contributed by atoms with Crippen LogP contribution in [0.5, 0.6) is 0 Å². The number of amides is 1. The Hall–Kier alpha value is -2.28. The van der Waals surface area contributed by atoms with Crippen LogP contribution in [0, 0.1) is 15.9 Å². The van der Waals surface area contributed by atoms with Crippen molar-refractivity contribution < 1.29 is 14.1 Å². The lowest BCUT2D eigenvalue weighted by molar-refractivity contribution is -0.385. The predicted octanol–water partition coefficient (Wildman–Crippen LogP) is 4.09. The lowest BCUT2D eigenvalue weighted by atomic mass is 10.0. The number of halogens is 2. The number of anilines is 1. The van der Waals surface area contributed by atoms with Gasteiger partial charge in [0.2, 0.25) is 0 Å². The Morgan fingerprint density at radius 3 is 2.83 bits per heavy atom. The third kappa shape index (κ3) is 2.84. The van der Waals surface area contributed by atoms with E-state index >= 15 is 0 Å². The first-order valence-electron chi connectivity index (χ1n) is 7.02. The van der Waals surface area contributed by atoms with Gasteiger partial charge in [-0.2, -0.15) is 0 Å². The van der Waals surface area contributed by atoms with E-state index in [9.17, 15) is 19.3 Å². The van der Waals surface area contributed by atoms with Gasteiger partial charge in [-0.1, -0.05) is 12.1 Å². The van der Waals surface area contributed by atoms with Crippen LogP contribution in [-0.4, -0.2) is 17.4 Å². The molecule has 1 amide bonds. The number of nitro benzene ring substituents is 1. The van der Waals surface area contributed by atoms with Crippen molar-refractivity contribution in [3.8, 4) is 0 Å². The SMILES string of the molecule is O=C(c1ccc(Br)c([N+](=O)[O-])c1)N1CCCc2cccc(F)c21. The molecule has 0 saturated carbocycles. The van der Waals surface area contributed by atoms with Crippen molar-refractivity contribution in [2.75, 3.05) is 11.4 Å². The van der Waals surface area contributed by atoms with E-state index in [0.717, 1.165) is 12.0 Å². The average Bonchev–Trinajstić information content (AvgIpc) is 2.54. The first kappa shape index (κ1) is 15.6. The standard InChI is InChI=1S/C16H12BrFN2O3/c17-12-7-6-11(9-14(12)20(22)23)16(21)19-8-2-4-10-3-1-5-13(18)15(10)19/h1,3,5-7,9H,2,4,8H2. The van der Waals surface area contributed by atoms with Gasteiger partial charge in [0.1, 0.15) is 5.82 Å². The summed E-state index contributed by atoms with van der Waals surface area (Å²) in [5, 5.41) is 11.0. The molecule has 0 N–H and O–H groups in total. The summed E-state index contributed by atoms with van der Waals surface area (Å²) in [5.74, 6) is -0.895. The molecule has 0 spiro atoms. The van der Waals surface area contributed by atoms with Crippen molar-refractivity contribution in [1.82, 2.24) is 0 Å². The first-order chi connectivity index (χ1) is 11.0. The van der Waals surface area contributed by atoms with Crippen LogP contribution < -0.4 is 4.90 Å². The van der Waals surface area contributed by atoms with Gasteiger partial charge in [-0.15, -0.1) is 0 Å². The molecule has 2 aromatic carbocycles. The molecule has 0 bridgehead atoms. The Morgan fingerprint density at radius 2 is 2.09 bits per heavy atom. The highest BCUT2D eigenvalue weighted by molar-refractivity contribution is 9.10. The Balaban J connectivity index is 2.03. The van der Waals surface area contributed by atoms with Gasteiger partial charge in [0.15, 0.2) is 0 Å². The number of nitro groups is 1. The molecule has 0 unspecified atom stereocenters. The van der Waals surface area contributed by atoms with Gasteiger partial charge in [0, 0.05) is 18.2 Å². The fourth-order valence-corrected chi connectivity index (χ4v) is 3.14. The third-order valence-corrected chi connectivity index (χ3v) is 4.47. The highest BCUT2D eigenvalue weighted by Crippen LogP contribution is 2.32. The summed E-state index contributed by atoms with van der Waals surface area (Å²) in [6.07, 6.45) is 1.43. The summed E-state index contributed by atoms with van der Waals surface area (Å²) < 4.78 is 14.5. The zero-order valence-corrected chi connectivity index (χ0v) is 13.5. The maximum absolute atomic E-state index is 14.2. The molecule has 0 radical (unpaired) electrons. The van der Waals surface area contributed by atoms with E-state index < -0.39 is 16.6 Å². The first-order valence-corrected chi connectivity index (χ1v) is 7.81. The molecule has 118 valence electrons. The van der Waals surface area contributed by atoms with Crippen LogP contribution in [0.2, 0.25) is 0 Å². The molecule has 0 aromatic heterocycles. The third-order valence-electron chi connectivity index (χ3n) is 3.80. The minimum atomic E-state index is -0.564. The number of nitrogens with zero attached hydrogens (tertiary/aromatic N) is 2. The Bertz CT molecular complexity index is 810. The molecule has 3 rings (SSSR count). The molecule has 0 atom stereocenters. The van der Waals surface area contributed by atoms with Crippen LogP contribution in [0.15, 0.2) is 40.9 Å². The van der Waals surface area contributed by atoms with E-state index in [1.807, 2.05) is 0 Å². The Morgan fingerprint density at radius 1 is 1.30 bits per heavy atom. The second-order valence-electron chi connectivity index (χ2n) is 5.23. The maximum atomic E-state index is 14.2. The number of benzene rings is 2. The van der Waals surface area contributed by atoms with Crippen LogP contribution in [0.4, 0.5) is 15.8 Å². The van der Waals surface area contributed by atoms with E-state index in [0.29, 0.717) is 17.4 Å². The number of para-hydroxylation sites is 1. The van der Waals surface area contributed by atoms with Gasteiger partial charge in [-0.25, -0.2) is 4.39 Å². The number of fused-ring (bicyclic) bond motifs is 1. The van der Waals surface area contributed by atoms with E-state index in [1.54, 1.807) is 12.1 Å². The van der Waals surface area contributed by atoms with Crippen LogP contribution in [-0.2, 0) is 6.42 Å². The van der Waals surface area contributed by atoms with E-state index in [2.05, 4.69) is 15.9 Å². The quantitative estimate of drug-likeness (QED) is 0.583. The number of hydrogen-bond acceptors (Lipinski definition) is 3. The van der Waals surface area contributed by atoms with Crippen molar-refractivity contribution in [2.24, 2.45) is 0 Å². The van der Waals surface area contributed by atoms with Crippen LogP contribution in [0.3, 0.4) is 0 Å². The minimum Gasteiger partial charge on any atom is -0.305 e. The van der Waals surface area contributed by atoms with Crippen LogP contribution in [0.1, 0.15) is 22.3 Å². The summed E-state index contributed by atoms with van der Waals surface area (Å²) in [6, 6.07) is 8.89. The molecule has 7 heteroatoms. The smallest absolute Gasteiger partial charge is 0.284 e. The van der Waals surface area contributed by atoms with Gasteiger partial charge in [-0.3, -0.25) is 14.9 Å². The normalized spacial score (nSPS) is 13.6. The monoisotopic (exact) mass is 378 g/mol. The summed E-state index contributed by atoms with van der Waals surface area (Å²) >= 11 is 3.09. The van der Waals surface area contributed by atoms with E-state index in [1.165, 1.54) is 29.2 Å². The molecule has 0 fully saturated rings. The van der Waals surface area contributed by atoms with Crippen molar-refractivity contribution in [2.45, 2.75) is 12.8 Å². The maximum Gasteiger partial charge on any atom is 0.284 e. The second kappa shape index (κ2) is 6.08. The van der Waals surface area contributed by atoms with Crippen molar-refractivity contribution in [3.05, 3.63) is 67.9 Å². The van der Waals surface area contributed by atoms with Crippen molar-refractivity contribution in [1.29, 1.82) is 0 Å². The molecule has 2 aromatic rings. The van der Waals surface area contributed by atoms with Crippen molar-refractivity contribution >= 4 is 33.2 Å². The molecule has 1 aliphatic rings. The van der Waals surface area contributed by atoms with E-state index in [-0.39, 0.29) is 16.9 Å². The Kier molecular flexibility index (Phi) is 4.12. The highest BCUT2D eigenvalue weighted by Gasteiger charge is 2.27. The van der Waals surface area contributed by atoms with Crippen LogP contribution >= 0.6 is 15.9 Å². The summed E-state index contributed by atoms with van der Waals surface area (Å²) in [7, 11) is 0. The lowest BCUT2D eigenvalue weighted by Crippen LogP contribution is -2.36. The molecule has 0 saturated heterocycles. The number of carbonyl (C=O) groups is 1. The zero-order chi connectivity index (χ0) is 16.6. The summed E-state index contributed by atoms with van der Waals surface area (Å²) in [5.41, 5.74) is 1.02. The van der Waals surface area contributed by atoms with Gasteiger partial charge in [0.25, 0.3) is 11.6 Å². The van der Waals surface area contributed by atoms with Crippen molar-refractivity contribution in [3.63, 3.8) is 0 Å². The second-order valence-corrected chi connectivity index (χ2v) is 6.09. The van der Waals surface area contributed by atoms with Gasteiger partial charge < -0.3 is 4.90 Å². The topological polar surface area (TPSA) is 63.4 Å². The largest absolute Gasteiger partial charge is 0.305 e. The number of rotatable bonds is 2. The number of hydrogen-bond donors (Lipinski definition) is 0. The van der Waals surface area contributed by atoms with Gasteiger partial charge in [0.05, 0.1) is 15.1 Å². The van der Waals surface area contributed by atoms with Crippen LogP contribution in [0.25, 0.3) is 0 Å². The van der Waals surface area contributed by atoms with Gasteiger partial charge >= 0.3 is 0 Å². The fourth-order valence-electron chi connectivity index (χ4n) is 2.75. The molecule has 1 aliphatic heterocycles. The average molecular weight is 379 g/mol. The Labute approximate surface area is 140 Å². The lowest BCUT2D eigenvalue weighted by Gasteiger charge is -2.29. The summed E-state index contributed by atoms with van der Waals surface area (Å²) in [4.78, 5) is 24.5.